The molecule has 0 radical (unpaired) electrons. The lowest BCUT2D eigenvalue weighted by Gasteiger charge is -2.38. The first-order chi connectivity index (χ1) is 8.16. The average Bonchev–Trinajstić information content (AvgIpc) is 2.28. The highest BCUT2D eigenvalue weighted by molar-refractivity contribution is 5.79. The molecule has 88 valence electrons. The van der Waals surface area contributed by atoms with Gasteiger partial charge in [-0.1, -0.05) is 12.1 Å². The number of benzene rings is 1. The van der Waals surface area contributed by atoms with Gasteiger partial charge in [0.05, 0.1) is 11.6 Å². The summed E-state index contributed by atoms with van der Waals surface area (Å²) < 4.78 is 0. The molecule has 0 atom stereocenters. The molecule has 0 heterocycles. The Balaban J connectivity index is 1.97. The van der Waals surface area contributed by atoms with Gasteiger partial charge in [-0.05, 0) is 37.0 Å². The van der Waals surface area contributed by atoms with Crippen molar-refractivity contribution in [1.82, 2.24) is 5.32 Å². The van der Waals surface area contributed by atoms with Gasteiger partial charge < -0.3 is 5.11 Å². The van der Waals surface area contributed by atoms with Crippen LogP contribution in [0.25, 0.3) is 0 Å². The Morgan fingerprint density at radius 1 is 1.41 bits per heavy atom. The van der Waals surface area contributed by atoms with E-state index in [1.54, 1.807) is 12.1 Å². The number of carboxylic acids is 1. The van der Waals surface area contributed by atoms with E-state index in [9.17, 15) is 4.79 Å². The second-order valence-corrected chi connectivity index (χ2v) is 4.40. The molecular formula is C13H14N2O2. The SMILES string of the molecule is N#Cc1ccc(CNC2(C(=O)O)CCC2)cc1. The molecule has 17 heavy (non-hydrogen) atoms. The molecule has 1 aromatic rings. The van der Waals surface area contributed by atoms with E-state index in [1.165, 1.54) is 0 Å². The predicted molar refractivity (Wildman–Crippen MR) is 62.2 cm³/mol. The lowest BCUT2D eigenvalue weighted by molar-refractivity contribution is -0.148. The van der Waals surface area contributed by atoms with Gasteiger partial charge >= 0.3 is 5.97 Å². The summed E-state index contributed by atoms with van der Waals surface area (Å²) in [4.78, 5) is 11.1. The van der Waals surface area contributed by atoms with E-state index >= 15 is 0 Å². The van der Waals surface area contributed by atoms with E-state index in [1.807, 2.05) is 12.1 Å². The first-order valence-corrected chi connectivity index (χ1v) is 5.64. The molecule has 1 fully saturated rings. The van der Waals surface area contributed by atoms with Gasteiger partial charge in [-0.25, -0.2) is 0 Å². The molecule has 2 N–H and O–H groups in total. The van der Waals surface area contributed by atoms with Gasteiger partial charge in [0.2, 0.25) is 0 Å². The fourth-order valence-corrected chi connectivity index (χ4v) is 1.96. The summed E-state index contributed by atoms with van der Waals surface area (Å²) in [6.07, 6.45) is 2.35. The van der Waals surface area contributed by atoms with E-state index < -0.39 is 11.5 Å². The van der Waals surface area contributed by atoms with Gasteiger partial charge in [0.1, 0.15) is 5.54 Å². The molecule has 0 bridgehead atoms. The molecule has 1 aliphatic carbocycles. The van der Waals surface area contributed by atoms with Crippen LogP contribution in [-0.2, 0) is 11.3 Å². The topological polar surface area (TPSA) is 73.1 Å². The van der Waals surface area contributed by atoms with Crippen LogP contribution in [0.3, 0.4) is 0 Å². The second-order valence-electron chi connectivity index (χ2n) is 4.40. The number of hydrogen-bond acceptors (Lipinski definition) is 3. The zero-order valence-corrected chi connectivity index (χ0v) is 9.44. The summed E-state index contributed by atoms with van der Waals surface area (Å²) >= 11 is 0. The van der Waals surface area contributed by atoms with E-state index in [0.717, 1.165) is 12.0 Å². The zero-order chi connectivity index (χ0) is 12.3. The monoisotopic (exact) mass is 230 g/mol. The average molecular weight is 230 g/mol. The number of nitrogens with one attached hydrogen (secondary N) is 1. The minimum Gasteiger partial charge on any atom is -0.480 e. The highest BCUT2D eigenvalue weighted by Gasteiger charge is 2.43. The number of aliphatic carboxylic acids is 1. The molecule has 4 heteroatoms. The van der Waals surface area contributed by atoms with E-state index in [0.29, 0.717) is 24.9 Å². The van der Waals surface area contributed by atoms with Gasteiger partial charge in [-0.15, -0.1) is 0 Å². The van der Waals surface area contributed by atoms with Crippen molar-refractivity contribution in [2.45, 2.75) is 31.3 Å². The van der Waals surface area contributed by atoms with Crippen molar-refractivity contribution in [3.63, 3.8) is 0 Å². The maximum Gasteiger partial charge on any atom is 0.323 e. The van der Waals surface area contributed by atoms with Crippen molar-refractivity contribution in [3.8, 4) is 6.07 Å². The van der Waals surface area contributed by atoms with Gasteiger partial charge in [-0.3, -0.25) is 10.1 Å². The summed E-state index contributed by atoms with van der Waals surface area (Å²) in [6.45, 7) is 0.526. The third kappa shape index (κ3) is 2.29. The van der Waals surface area contributed by atoms with E-state index in [4.69, 9.17) is 10.4 Å². The van der Waals surface area contributed by atoms with Crippen LogP contribution in [0.15, 0.2) is 24.3 Å². The molecule has 1 aromatic carbocycles. The van der Waals surface area contributed by atoms with Crippen molar-refractivity contribution >= 4 is 5.97 Å². The fourth-order valence-electron chi connectivity index (χ4n) is 1.96. The normalized spacial score (nSPS) is 16.9. The number of nitriles is 1. The largest absolute Gasteiger partial charge is 0.480 e. The van der Waals surface area contributed by atoms with Crippen molar-refractivity contribution in [1.29, 1.82) is 5.26 Å². The number of carbonyl (C=O) groups is 1. The molecule has 0 aliphatic heterocycles. The smallest absolute Gasteiger partial charge is 0.323 e. The summed E-state index contributed by atoms with van der Waals surface area (Å²) in [5, 5.41) is 20.9. The summed E-state index contributed by atoms with van der Waals surface area (Å²) in [7, 11) is 0. The minimum absolute atomic E-state index is 0.526. The predicted octanol–water partition coefficient (Wildman–Crippen LogP) is 1.66. The van der Waals surface area contributed by atoms with Crippen LogP contribution in [-0.4, -0.2) is 16.6 Å². The number of hydrogen-bond donors (Lipinski definition) is 2. The van der Waals surface area contributed by atoms with Crippen LogP contribution in [0.4, 0.5) is 0 Å². The van der Waals surface area contributed by atoms with Crippen LogP contribution in [0.1, 0.15) is 30.4 Å². The van der Waals surface area contributed by atoms with Crippen LogP contribution in [0.5, 0.6) is 0 Å². The first-order valence-electron chi connectivity index (χ1n) is 5.64. The Bertz CT molecular complexity index is 455. The Labute approximate surface area is 99.9 Å². The lowest BCUT2D eigenvalue weighted by atomic mass is 9.76. The van der Waals surface area contributed by atoms with Crippen molar-refractivity contribution < 1.29 is 9.90 Å². The maximum atomic E-state index is 11.1. The molecule has 1 saturated carbocycles. The Hall–Kier alpha value is -1.86. The molecule has 0 saturated heterocycles. The van der Waals surface area contributed by atoms with Crippen LogP contribution < -0.4 is 5.32 Å². The van der Waals surface area contributed by atoms with Crippen LogP contribution in [0.2, 0.25) is 0 Å². The van der Waals surface area contributed by atoms with Crippen LogP contribution in [0, 0.1) is 11.3 Å². The maximum absolute atomic E-state index is 11.1. The molecule has 1 aliphatic rings. The quantitative estimate of drug-likeness (QED) is 0.825. The molecule has 2 rings (SSSR count). The Kier molecular flexibility index (Phi) is 3.12. The number of rotatable bonds is 4. The Morgan fingerprint density at radius 2 is 2.06 bits per heavy atom. The fraction of sp³-hybridized carbons (Fsp3) is 0.385. The van der Waals surface area contributed by atoms with Gasteiger partial charge in [0, 0.05) is 6.54 Å². The lowest BCUT2D eigenvalue weighted by Crippen LogP contribution is -2.56. The number of carboxylic acid groups (broad SMARTS) is 1. The highest BCUT2D eigenvalue weighted by atomic mass is 16.4. The van der Waals surface area contributed by atoms with Gasteiger partial charge in [0.15, 0.2) is 0 Å². The molecule has 0 spiro atoms. The van der Waals surface area contributed by atoms with Crippen molar-refractivity contribution in [2.75, 3.05) is 0 Å². The molecule has 4 nitrogen and oxygen atoms in total. The minimum atomic E-state index is -0.766. The molecular weight excluding hydrogens is 216 g/mol. The molecule has 0 amide bonds. The van der Waals surface area contributed by atoms with Crippen LogP contribution >= 0.6 is 0 Å². The third-order valence-electron chi connectivity index (χ3n) is 3.33. The third-order valence-corrected chi connectivity index (χ3v) is 3.33. The first kappa shape index (κ1) is 11.6. The van der Waals surface area contributed by atoms with Gasteiger partial charge in [-0.2, -0.15) is 5.26 Å². The second kappa shape index (κ2) is 4.56. The molecule has 0 aromatic heterocycles. The number of nitrogens with zero attached hydrogens (tertiary/aromatic N) is 1. The summed E-state index contributed by atoms with van der Waals surface area (Å²) in [5.41, 5.74) is 0.885. The van der Waals surface area contributed by atoms with Crippen molar-refractivity contribution in [3.05, 3.63) is 35.4 Å². The molecule has 0 unspecified atom stereocenters. The Morgan fingerprint density at radius 3 is 2.47 bits per heavy atom. The summed E-state index contributed by atoms with van der Waals surface area (Å²) in [5.74, 6) is -0.766. The highest BCUT2D eigenvalue weighted by Crippen LogP contribution is 2.32. The van der Waals surface area contributed by atoms with E-state index in [-0.39, 0.29) is 0 Å². The summed E-state index contributed by atoms with van der Waals surface area (Å²) in [6, 6.07) is 9.23. The van der Waals surface area contributed by atoms with E-state index in [2.05, 4.69) is 11.4 Å². The zero-order valence-electron chi connectivity index (χ0n) is 9.44. The standard InChI is InChI=1S/C13H14N2O2/c14-8-10-2-4-11(5-3-10)9-15-13(12(16)17)6-1-7-13/h2-5,15H,1,6-7,9H2,(H,16,17). The van der Waals surface area contributed by atoms with Crippen molar-refractivity contribution in [2.24, 2.45) is 0 Å². The van der Waals surface area contributed by atoms with Gasteiger partial charge in [0.25, 0.3) is 0 Å².